The first-order valence-electron chi connectivity index (χ1n) is 6.46. The van der Waals surface area contributed by atoms with Crippen molar-refractivity contribution in [3.63, 3.8) is 0 Å². The van der Waals surface area contributed by atoms with Crippen molar-refractivity contribution < 1.29 is 8.78 Å². The molecule has 3 nitrogen and oxygen atoms in total. The molecule has 6 heteroatoms. The van der Waals surface area contributed by atoms with Gasteiger partial charge >= 0.3 is 0 Å². The summed E-state index contributed by atoms with van der Waals surface area (Å²) in [5, 5.41) is 0. The van der Waals surface area contributed by atoms with E-state index in [0.717, 1.165) is 6.07 Å². The summed E-state index contributed by atoms with van der Waals surface area (Å²) in [7, 11) is 0. The van der Waals surface area contributed by atoms with Gasteiger partial charge in [-0.1, -0.05) is 0 Å². The van der Waals surface area contributed by atoms with Crippen LogP contribution in [0.5, 0.6) is 0 Å². The van der Waals surface area contributed by atoms with Crippen molar-refractivity contribution in [2.75, 3.05) is 5.88 Å². The third kappa shape index (κ3) is 2.38. The maximum Gasteiger partial charge on any atom is 0.164 e. The number of alkyl halides is 1. The highest BCUT2D eigenvalue weighted by atomic mass is 35.5. The van der Waals surface area contributed by atoms with Crippen LogP contribution in [0.3, 0.4) is 0 Å². The van der Waals surface area contributed by atoms with E-state index >= 15 is 0 Å². The Bertz CT molecular complexity index is 814. The lowest BCUT2D eigenvalue weighted by molar-refractivity contribution is 0.584. The van der Waals surface area contributed by atoms with E-state index < -0.39 is 11.6 Å². The number of aromatic nitrogens is 3. The molecule has 0 unspecified atom stereocenters. The lowest BCUT2D eigenvalue weighted by Crippen LogP contribution is -2.06. The third-order valence-electron chi connectivity index (χ3n) is 3.27. The third-order valence-corrected chi connectivity index (χ3v) is 3.46. The number of rotatable bonds is 3. The summed E-state index contributed by atoms with van der Waals surface area (Å²) < 4.78 is 29.6. The molecule has 3 rings (SSSR count). The van der Waals surface area contributed by atoms with Crippen molar-refractivity contribution in [2.24, 2.45) is 0 Å². The van der Waals surface area contributed by atoms with E-state index in [4.69, 9.17) is 11.6 Å². The number of aryl methyl sites for hydroxylation is 2. The highest BCUT2D eigenvalue weighted by molar-refractivity contribution is 6.17. The van der Waals surface area contributed by atoms with E-state index in [1.54, 1.807) is 18.3 Å². The Morgan fingerprint density at radius 1 is 1.24 bits per heavy atom. The summed E-state index contributed by atoms with van der Waals surface area (Å²) in [5.74, 6) is -0.101. The standard InChI is InChI=1S/C15H12ClF2N3/c1-9-7-11(18)13(8-10(9)17)21-14(4-5-16)20-12-3-2-6-19-15(12)21/h2-3,6-8H,4-5H2,1H3. The Kier molecular flexibility index (Phi) is 3.59. The van der Waals surface area contributed by atoms with Crippen LogP contribution >= 0.6 is 11.6 Å². The van der Waals surface area contributed by atoms with Crippen molar-refractivity contribution in [1.82, 2.24) is 14.5 Å². The normalized spacial score (nSPS) is 11.2. The fourth-order valence-corrected chi connectivity index (χ4v) is 2.44. The molecular weight excluding hydrogens is 296 g/mol. The average Bonchev–Trinajstić information content (AvgIpc) is 2.81. The van der Waals surface area contributed by atoms with Gasteiger partial charge in [0.2, 0.25) is 0 Å². The lowest BCUT2D eigenvalue weighted by atomic mass is 10.2. The van der Waals surface area contributed by atoms with Crippen molar-refractivity contribution in [3.8, 4) is 5.69 Å². The Hall–Kier alpha value is -2.01. The molecule has 2 aromatic heterocycles. The van der Waals surface area contributed by atoms with E-state index in [-0.39, 0.29) is 11.3 Å². The molecule has 21 heavy (non-hydrogen) atoms. The molecule has 0 amide bonds. The zero-order valence-corrected chi connectivity index (χ0v) is 12.0. The van der Waals surface area contributed by atoms with Gasteiger partial charge in [0.05, 0.1) is 5.69 Å². The van der Waals surface area contributed by atoms with Gasteiger partial charge in [0.1, 0.15) is 23.0 Å². The number of benzene rings is 1. The van der Waals surface area contributed by atoms with Gasteiger partial charge in [-0.05, 0) is 30.7 Å². The largest absolute Gasteiger partial charge is 0.278 e. The van der Waals surface area contributed by atoms with Crippen molar-refractivity contribution in [2.45, 2.75) is 13.3 Å². The number of fused-ring (bicyclic) bond motifs is 1. The second-order valence-corrected chi connectivity index (χ2v) is 5.08. The Balaban J connectivity index is 2.32. The maximum atomic E-state index is 14.3. The predicted octanol–water partition coefficient (Wildman–Crippen LogP) is 3.79. The summed E-state index contributed by atoms with van der Waals surface area (Å²) in [4.78, 5) is 8.62. The van der Waals surface area contributed by atoms with E-state index in [1.807, 2.05) is 0 Å². The molecule has 0 saturated carbocycles. The van der Waals surface area contributed by atoms with Crippen LogP contribution in [-0.2, 0) is 6.42 Å². The first-order chi connectivity index (χ1) is 10.1. The average molecular weight is 308 g/mol. The topological polar surface area (TPSA) is 30.7 Å². The van der Waals surface area contributed by atoms with Crippen LogP contribution in [0.15, 0.2) is 30.5 Å². The van der Waals surface area contributed by atoms with Crippen LogP contribution in [0.1, 0.15) is 11.4 Å². The molecule has 0 aliphatic heterocycles. The summed E-state index contributed by atoms with van der Waals surface area (Å²) >= 11 is 5.78. The zero-order chi connectivity index (χ0) is 15.0. The highest BCUT2D eigenvalue weighted by Gasteiger charge is 2.17. The lowest BCUT2D eigenvalue weighted by Gasteiger charge is -2.10. The molecular formula is C15H12ClF2N3. The fraction of sp³-hybridized carbons (Fsp3) is 0.200. The predicted molar refractivity (Wildman–Crippen MR) is 77.9 cm³/mol. The SMILES string of the molecule is Cc1cc(F)c(-n2c(CCCl)nc3cccnc32)cc1F. The Morgan fingerprint density at radius 3 is 2.81 bits per heavy atom. The molecule has 0 spiro atoms. The second-order valence-electron chi connectivity index (χ2n) is 4.70. The summed E-state index contributed by atoms with van der Waals surface area (Å²) in [5.41, 5.74) is 1.46. The molecule has 1 aromatic carbocycles. The molecule has 0 atom stereocenters. The number of pyridine rings is 1. The molecule has 2 heterocycles. The molecule has 0 fully saturated rings. The van der Waals surface area contributed by atoms with Gasteiger partial charge in [0.25, 0.3) is 0 Å². The molecule has 0 saturated heterocycles. The monoisotopic (exact) mass is 307 g/mol. The highest BCUT2D eigenvalue weighted by Crippen LogP contribution is 2.24. The van der Waals surface area contributed by atoms with E-state index in [0.29, 0.717) is 29.3 Å². The zero-order valence-electron chi connectivity index (χ0n) is 11.3. The van der Waals surface area contributed by atoms with Crippen LogP contribution in [0.25, 0.3) is 16.9 Å². The van der Waals surface area contributed by atoms with Gasteiger partial charge in [-0.3, -0.25) is 4.57 Å². The van der Waals surface area contributed by atoms with Crippen LogP contribution in [0.2, 0.25) is 0 Å². The van der Waals surface area contributed by atoms with Crippen LogP contribution in [-0.4, -0.2) is 20.4 Å². The number of hydrogen-bond donors (Lipinski definition) is 0. The van der Waals surface area contributed by atoms with Crippen LogP contribution in [0, 0.1) is 18.6 Å². The Morgan fingerprint density at radius 2 is 2.05 bits per heavy atom. The number of imidazole rings is 1. The quantitative estimate of drug-likeness (QED) is 0.689. The van der Waals surface area contributed by atoms with Crippen LogP contribution in [0.4, 0.5) is 8.78 Å². The van der Waals surface area contributed by atoms with E-state index in [1.165, 1.54) is 17.6 Å². The van der Waals surface area contributed by atoms with Crippen molar-refractivity contribution in [1.29, 1.82) is 0 Å². The summed E-state index contributed by atoms with van der Waals surface area (Å²) in [6.07, 6.45) is 2.03. The summed E-state index contributed by atoms with van der Waals surface area (Å²) in [6.45, 7) is 1.52. The van der Waals surface area contributed by atoms with Gasteiger partial charge < -0.3 is 0 Å². The van der Waals surface area contributed by atoms with Crippen LogP contribution < -0.4 is 0 Å². The number of halogens is 3. The first kappa shape index (κ1) is 13.9. The molecule has 0 bridgehead atoms. The molecule has 3 aromatic rings. The smallest absolute Gasteiger partial charge is 0.164 e. The minimum atomic E-state index is -0.519. The minimum Gasteiger partial charge on any atom is -0.278 e. The molecule has 0 radical (unpaired) electrons. The van der Waals surface area contributed by atoms with Gasteiger partial charge in [-0.15, -0.1) is 11.6 Å². The maximum absolute atomic E-state index is 14.3. The Labute approximate surface area is 125 Å². The number of nitrogens with zero attached hydrogens (tertiary/aromatic N) is 3. The molecule has 108 valence electrons. The van der Waals surface area contributed by atoms with Gasteiger partial charge in [-0.25, -0.2) is 18.7 Å². The van der Waals surface area contributed by atoms with Crippen molar-refractivity contribution in [3.05, 3.63) is 53.5 Å². The fourth-order valence-electron chi connectivity index (χ4n) is 2.27. The van der Waals surface area contributed by atoms with Gasteiger partial charge in [-0.2, -0.15) is 0 Å². The van der Waals surface area contributed by atoms with E-state index in [9.17, 15) is 8.78 Å². The van der Waals surface area contributed by atoms with Crippen molar-refractivity contribution >= 4 is 22.8 Å². The van der Waals surface area contributed by atoms with Gasteiger partial charge in [0, 0.05) is 24.6 Å². The summed E-state index contributed by atoms with van der Waals surface area (Å²) in [6, 6.07) is 5.86. The molecule has 0 aliphatic carbocycles. The second kappa shape index (κ2) is 5.41. The first-order valence-corrected chi connectivity index (χ1v) is 6.99. The molecule has 0 aliphatic rings. The van der Waals surface area contributed by atoms with Gasteiger partial charge in [0.15, 0.2) is 5.65 Å². The molecule has 0 N–H and O–H groups in total. The minimum absolute atomic E-state index is 0.0967. The van der Waals surface area contributed by atoms with E-state index in [2.05, 4.69) is 9.97 Å². The number of hydrogen-bond acceptors (Lipinski definition) is 2.